The average Bonchev–Trinajstić information content (AvgIpc) is 3.14. The van der Waals surface area contributed by atoms with Crippen LogP contribution in [-0.2, 0) is 32.0 Å². The second-order valence-corrected chi connectivity index (χ2v) is 8.57. The minimum Gasteiger partial charge on any atom is -0.455 e. The van der Waals surface area contributed by atoms with Gasteiger partial charge < -0.3 is 15.0 Å². The first-order valence-electron chi connectivity index (χ1n) is 10.5. The van der Waals surface area contributed by atoms with Gasteiger partial charge in [0.15, 0.2) is 6.61 Å². The number of carbonyl (C=O) groups excluding carboxylic acids is 3. The Hall–Kier alpha value is -2.67. The molecule has 0 aromatic heterocycles. The molecule has 1 atom stereocenters. The molecule has 0 saturated carbocycles. The Morgan fingerprint density at radius 3 is 2.45 bits per heavy atom. The molecule has 164 valence electrons. The van der Waals surface area contributed by atoms with E-state index in [0.717, 1.165) is 39.7 Å². The van der Waals surface area contributed by atoms with Crippen LogP contribution in [0, 0.1) is 12.8 Å². The molecule has 2 aromatic carbocycles. The molecule has 1 aliphatic heterocycles. The number of anilines is 2. The fourth-order valence-corrected chi connectivity index (χ4v) is 4.33. The number of nitrogens with one attached hydrogen (secondary N) is 1. The maximum Gasteiger partial charge on any atom is 0.311 e. The van der Waals surface area contributed by atoms with Crippen molar-refractivity contribution in [2.75, 3.05) is 23.4 Å². The first-order chi connectivity index (χ1) is 14.8. The van der Waals surface area contributed by atoms with Crippen LogP contribution in [0.2, 0.25) is 0 Å². The van der Waals surface area contributed by atoms with E-state index in [0.29, 0.717) is 5.69 Å². The third-order valence-electron chi connectivity index (χ3n) is 5.50. The SMILES string of the molecule is CCc1cccc(CC)c1N1C[C@@H](C(=O)OCC(=O)Nc2ccc(Br)cc2C)CC1=O. The third kappa shape index (κ3) is 5.34. The van der Waals surface area contributed by atoms with Gasteiger partial charge in [-0.15, -0.1) is 0 Å². The number of hydrogen-bond acceptors (Lipinski definition) is 4. The summed E-state index contributed by atoms with van der Waals surface area (Å²) in [5, 5.41) is 2.74. The molecular formula is C24H27BrN2O4. The third-order valence-corrected chi connectivity index (χ3v) is 5.99. The molecule has 0 radical (unpaired) electrons. The predicted octanol–water partition coefficient (Wildman–Crippen LogP) is 4.42. The fourth-order valence-electron chi connectivity index (χ4n) is 3.85. The summed E-state index contributed by atoms with van der Waals surface area (Å²) in [5.41, 5.74) is 4.65. The number of ether oxygens (including phenoxy) is 1. The van der Waals surface area contributed by atoms with Gasteiger partial charge in [0.2, 0.25) is 5.91 Å². The molecule has 1 N–H and O–H groups in total. The van der Waals surface area contributed by atoms with E-state index in [9.17, 15) is 14.4 Å². The van der Waals surface area contributed by atoms with E-state index in [1.54, 1.807) is 11.0 Å². The van der Waals surface area contributed by atoms with Gasteiger partial charge in [-0.3, -0.25) is 14.4 Å². The molecule has 1 saturated heterocycles. The summed E-state index contributed by atoms with van der Waals surface area (Å²) in [7, 11) is 0. The Kier molecular flexibility index (Phi) is 7.49. The molecule has 0 aliphatic carbocycles. The average molecular weight is 487 g/mol. The molecule has 7 heteroatoms. The molecule has 0 unspecified atom stereocenters. The summed E-state index contributed by atoms with van der Waals surface area (Å²) >= 11 is 3.38. The van der Waals surface area contributed by atoms with Gasteiger partial charge >= 0.3 is 5.97 Å². The van der Waals surface area contributed by atoms with E-state index in [1.807, 2.05) is 37.3 Å². The Bertz CT molecular complexity index is 983. The maximum atomic E-state index is 12.7. The number of aryl methyl sites for hydroxylation is 3. The standard InChI is InChI=1S/C24H27BrN2O4/c1-4-16-7-6-8-17(5-2)23(16)27-13-18(12-22(27)29)24(30)31-14-21(28)26-20-10-9-19(25)11-15(20)3/h6-11,18H,4-5,12-14H2,1-3H3,(H,26,28)/t18-/m0/s1. The molecular weight excluding hydrogens is 460 g/mol. The van der Waals surface area contributed by atoms with Crippen LogP contribution in [0.3, 0.4) is 0 Å². The smallest absolute Gasteiger partial charge is 0.311 e. The van der Waals surface area contributed by atoms with E-state index < -0.39 is 17.8 Å². The lowest BCUT2D eigenvalue weighted by molar-refractivity contribution is -0.151. The first kappa shape index (κ1) is 23.0. The van der Waals surface area contributed by atoms with Crippen molar-refractivity contribution in [3.8, 4) is 0 Å². The minimum absolute atomic E-state index is 0.0903. The minimum atomic E-state index is -0.579. The highest BCUT2D eigenvalue weighted by molar-refractivity contribution is 9.10. The fraction of sp³-hybridized carbons (Fsp3) is 0.375. The van der Waals surface area contributed by atoms with Crippen molar-refractivity contribution in [3.05, 3.63) is 57.6 Å². The number of hydrogen-bond donors (Lipinski definition) is 1. The molecule has 0 bridgehead atoms. The topological polar surface area (TPSA) is 75.7 Å². The monoisotopic (exact) mass is 486 g/mol. The van der Waals surface area contributed by atoms with Crippen LogP contribution in [0.1, 0.15) is 37.0 Å². The lowest BCUT2D eigenvalue weighted by Crippen LogP contribution is -2.29. The van der Waals surface area contributed by atoms with E-state index >= 15 is 0 Å². The quantitative estimate of drug-likeness (QED) is 0.587. The summed E-state index contributed by atoms with van der Waals surface area (Å²) in [5.74, 6) is -1.60. The molecule has 6 nitrogen and oxygen atoms in total. The zero-order chi connectivity index (χ0) is 22.5. The van der Waals surface area contributed by atoms with E-state index in [4.69, 9.17) is 4.74 Å². The molecule has 3 rings (SSSR count). The second kappa shape index (κ2) is 10.1. The van der Waals surface area contributed by atoms with Crippen molar-refractivity contribution in [2.24, 2.45) is 5.92 Å². The number of amides is 2. The van der Waals surface area contributed by atoms with Crippen molar-refractivity contribution in [3.63, 3.8) is 0 Å². The summed E-state index contributed by atoms with van der Waals surface area (Å²) in [4.78, 5) is 39.2. The van der Waals surface area contributed by atoms with Crippen LogP contribution >= 0.6 is 15.9 Å². The van der Waals surface area contributed by atoms with Gasteiger partial charge in [-0.1, -0.05) is 48.0 Å². The highest BCUT2D eigenvalue weighted by Gasteiger charge is 2.37. The highest BCUT2D eigenvalue weighted by atomic mass is 79.9. The number of nitrogens with zero attached hydrogens (tertiary/aromatic N) is 1. The molecule has 2 aromatic rings. The van der Waals surface area contributed by atoms with Crippen LogP contribution in [0.15, 0.2) is 40.9 Å². The molecule has 31 heavy (non-hydrogen) atoms. The van der Waals surface area contributed by atoms with Gasteiger partial charge in [0, 0.05) is 28.8 Å². The van der Waals surface area contributed by atoms with Crippen molar-refractivity contribution in [2.45, 2.75) is 40.0 Å². The maximum absolute atomic E-state index is 12.7. The number of benzene rings is 2. The van der Waals surface area contributed by atoms with Crippen molar-refractivity contribution in [1.29, 1.82) is 0 Å². The van der Waals surface area contributed by atoms with Gasteiger partial charge in [0.25, 0.3) is 5.91 Å². The summed E-state index contributed by atoms with van der Waals surface area (Å²) < 4.78 is 6.15. The number of para-hydroxylation sites is 1. The zero-order valence-electron chi connectivity index (χ0n) is 18.0. The number of carbonyl (C=O) groups is 3. The summed E-state index contributed by atoms with van der Waals surface area (Å²) in [6.45, 7) is 5.87. The van der Waals surface area contributed by atoms with Crippen molar-refractivity contribution >= 4 is 45.1 Å². The molecule has 2 amide bonds. The Labute approximate surface area is 191 Å². The van der Waals surface area contributed by atoms with Crippen molar-refractivity contribution in [1.82, 2.24) is 0 Å². The molecule has 0 spiro atoms. The number of halogens is 1. The van der Waals surface area contributed by atoms with Gasteiger partial charge in [-0.05, 0) is 54.7 Å². The molecule has 1 heterocycles. The lowest BCUT2D eigenvalue weighted by atomic mass is 10.0. The van der Waals surface area contributed by atoms with E-state index in [1.165, 1.54) is 0 Å². The van der Waals surface area contributed by atoms with Gasteiger partial charge in [0.1, 0.15) is 0 Å². The Morgan fingerprint density at radius 1 is 1.16 bits per heavy atom. The van der Waals surface area contributed by atoms with E-state index in [2.05, 4.69) is 35.1 Å². The molecule has 1 aliphatic rings. The summed E-state index contributed by atoms with van der Waals surface area (Å²) in [6.07, 6.45) is 1.70. The van der Waals surface area contributed by atoms with Crippen LogP contribution in [0.5, 0.6) is 0 Å². The lowest BCUT2D eigenvalue weighted by Gasteiger charge is -2.23. The predicted molar refractivity (Wildman–Crippen MR) is 124 cm³/mol. The summed E-state index contributed by atoms with van der Waals surface area (Å²) in [6, 6.07) is 11.5. The van der Waals surface area contributed by atoms with Gasteiger partial charge in [-0.2, -0.15) is 0 Å². The molecule has 1 fully saturated rings. The normalized spacial score (nSPS) is 15.8. The largest absolute Gasteiger partial charge is 0.455 e. The second-order valence-electron chi connectivity index (χ2n) is 7.65. The number of esters is 1. The zero-order valence-corrected chi connectivity index (χ0v) is 19.6. The van der Waals surface area contributed by atoms with Crippen LogP contribution in [-0.4, -0.2) is 30.9 Å². The van der Waals surface area contributed by atoms with Crippen LogP contribution < -0.4 is 10.2 Å². The Balaban J connectivity index is 1.61. The van der Waals surface area contributed by atoms with E-state index in [-0.39, 0.29) is 25.5 Å². The van der Waals surface area contributed by atoms with Gasteiger partial charge in [-0.25, -0.2) is 0 Å². The highest BCUT2D eigenvalue weighted by Crippen LogP contribution is 2.32. The Morgan fingerprint density at radius 2 is 1.84 bits per heavy atom. The van der Waals surface area contributed by atoms with Crippen molar-refractivity contribution < 1.29 is 19.1 Å². The van der Waals surface area contributed by atoms with Gasteiger partial charge in [0.05, 0.1) is 5.92 Å². The number of rotatable bonds is 7. The van der Waals surface area contributed by atoms with Crippen LogP contribution in [0.4, 0.5) is 11.4 Å². The first-order valence-corrected chi connectivity index (χ1v) is 11.3. The van der Waals surface area contributed by atoms with Crippen LogP contribution in [0.25, 0.3) is 0 Å².